The van der Waals surface area contributed by atoms with Gasteiger partial charge in [-0.2, -0.15) is 0 Å². The van der Waals surface area contributed by atoms with E-state index in [1.165, 1.54) is 12.1 Å². The van der Waals surface area contributed by atoms with E-state index in [1.807, 2.05) is 32.9 Å². The lowest BCUT2D eigenvalue weighted by molar-refractivity contribution is -0.134. The van der Waals surface area contributed by atoms with E-state index in [0.717, 1.165) is 11.3 Å². The van der Waals surface area contributed by atoms with Gasteiger partial charge >= 0.3 is 0 Å². The molecule has 0 aliphatic heterocycles. The number of benzene rings is 1. The van der Waals surface area contributed by atoms with Crippen molar-refractivity contribution in [3.8, 4) is 5.75 Å². The van der Waals surface area contributed by atoms with Crippen LogP contribution < -0.4 is 14.9 Å². The molecular formula is C20H28N4O5S. The van der Waals surface area contributed by atoms with Crippen molar-refractivity contribution in [1.29, 1.82) is 0 Å². The third-order valence-electron chi connectivity index (χ3n) is 4.63. The summed E-state index contributed by atoms with van der Waals surface area (Å²) < 4.78 is 33.3. The van der Waals surface area contributed by atoms with E-state index < -0.39 is 22.0 Å². The molecule has 0 bridgehead atoms. The van der Waals surface area contributed by atoms with Crippen LogP contribution in [0, 0.1) is 6.92 Å². The van der Waals surface area contributed by atoms with Crippen LogP contribution in [-0.2, 0) is 21.4 Å². The molecule has 0 spiro atoms. The molecule has 1 aromatic heterocycles. The first kappa shape index (κ1) is 23.7. The average molecular weight is 437 g/mol. The number of rotatable bonds is 11. The number of likely N-dealkylation sites (N-methyl/N-ethyl adjacent to an activating group) is 1. The minimum absolute atomic E-state index is 0.0531. The van der Waals surface area contributed by atoms with E-state index >= 15 is 0 Å². The summed E-state index contributed by atoms with van der Waals surface area (Å²) in [6, 6.07) is 8.96. The Morgan fingerprint density at radius 1 is 1.20 bits per heavy atom. The number of sulfonamides is 1. The smallest absolute Gasteiger partial charge is 0.262 e. The minimum Gasteiger partial charge on any atom is -0.489 e. The normalized spacial score (nSPS) is 12.6. The van der Waals surface area contributed by atoms with Crippen molar-refractivity contribution in [2.24, 2.45) is 0 Å². The lowest BCUT2D eigenvalue weighted by atomic mass is 10.2. The summed E-state index contributed by atoms with van der Waals surface area (Å²) in [5.74, 6) is -0.138. The van der Waals surface area contributed by atoms with Crippen LogP contribution in [0.1, 0.15) is 25.1 Å². The maximum absolute atomic E-state index is 12.6. The van der Waals surface area contributed by atoms with E-state index in [2.05, 4.69) is 9.71 Å². The Balaban J connectivity index is 2.02. The van der Waals surface area contributed by atoms with Crippen LogP contribution >= 0.6 is 0 Å². The molecule has 1 heterocycles. The highest BCUT2D eigenvalue weighted by molar-refractivity contribution is 7.89. The van der Waals surface area contributed by atoms with Crippen molar-refractivity contribution in [2.45, 2.75) is 38.3 Å². The molecule has 1 amide bonds. The van der Waals surface area contributed by atoms with Crippen LogP contribution in [0.2, 0.25) is 0 Å². The Labute approximate surface area is 177 Å². The number of aryl methyl sites for hydroxylation is 1. The predicted molar refractivity (Wildman–Crippen MR) is 112 cm³/mol. The molecule has 0 saturated heterocycles. The summed E-state index contributed by atoms with van der Waals surface area (Å²) in [5.41, 5.74) is 3.45. The Morgan fingerprint density at radius 3 is 2.43 bits per heavy atom. The zero-order valence-corrected chi connectivity index (χ0v) is 18.1. The van der Waals surface area contributed by atoms with Crippen LogP contribution in [0.25, 0.3) is 0 Å². The number of nitrogens with zero attached hydrogens (tertiary/aromatic N) is 2. The van der Waals surface area contributed by atoms with Crippen LogP contribution in [0.15, 0.2) is 47.5 Å². The lowest BCUT2D eigenvalue weighted by Gasteiger charge is -2.27. The van der Waals surface area contributed by atoms with Gasteiger partial charge in [0.1, 0.15) is 18.4 Å². The number of aromatic nitrogens is 1. The number of hydroxylamine groups is 1. The number of hydrogen-bond donors (Lipinski definition) is 3. The molecule has 30 heavy (non-hydrogen) atoms. The van der Waals surface area contributed by atoms with Crippen molar-refractivity contribution < 1.29 is 23.2 Å². The summed E-state index contributed by atoms with van der Waals surface area (Å²) >= 11 is 0. The molecule has 2 rings (SSSR count). The lowest BCUT2D eigenvalue weighted by Crippen LogP contribution is -2.52. The molecule has 2 aromatic rings. The molecule has 0 aliphatic rings. The molecule has 164 valence electrons. The highest BCUT2D eigenvalue weighted by Crippen LogP contribution is 2.17. The second kappa shape index (κ2) is 11.0. The summed E-state index contributed by atoms with van der Waals surface area (Å²) in [6.07, 6.45) is 1.71. The molecule has 0 saturated carbocycles. The van der Waals surface area contributed by atoms with Gasteiger partial charge in [-0.1, -0.05) is 13.8 Å². The van der Waals surface area contributed by atoms with E-state index in [0.29, 0.717) is 25.4 Å². The summed E-state index contributed by atoms with van der Waals surface area (Å²) in [5, 5.41) is 8.95. The fourth-order valence-corrected chi connectivity index (χ4v) is 4.01. The van der Waals surface area contributed by atoms with Crippen molar-refractivity contribution >= 4 is 15.9 Å². The fourth-order valence-electron chi connectivity index (χ4n) is 2.97. The third-order valence-corrected chi connectivity index (χ3v) is 6.07. The molecule has 1 atom stereocenters. The molecule has 0 fully saturated rings. The van der Waals surface area contributed by atoms with Crippen LogP contribution in [0.4, 0.5) is 0 Å². The van der Waals surface area contributed by atoms with Crippen LogP contribution in [-0.4, -0.2) is 55.1 Å². The van der Waals surface area contributed by atoms with Gasteiger partial charge in [0, 0.05) is 18.4 Å². The number of carbonyl (C=O) groups is 1. The zero-order valence-electron chi connectivity index (χ0n) is 17.3. The topological polar surface area (TPSA) is 121 Å². The molecular weight excluding hydrogens is 408 g/mol. The number of nitrogens with one attached hydrogen (secondary N) is 2. The predicted octanol–water partition coefficient (Wildman–Crippen LogP) is 1.46. The molecule has 0 aliphatic carbocycles. The number of amides is 1. The summed E-state index contributed by atoms with van der Waals surface area (Å²) in [4.78, 5) is 17.8. The van der Waals surface area contributed by atoms with E-state index in [1.54, 1.807) is 28.7 Å². The Bertz CT molecular complexity index is 930. The quantitative estimate of drug-likeness (QED) is 0.360. The molecule has 9 nitrogen and oxygen atoms in total. The first-order valence-electron chi connectivity index (χ1n) is 9.62. The van der Waals surface area contributed by atoms with Gasteiger partial charge in [0.05, 0.1) is 4.90 Å². The van der Waals surface area contributed by atoms with Crippen LogP contribution in [0.3, 0.4) is 0 Å². The van der Waals surface area contributed by atoms with Gasteiger partial charge < -0.3 is 4.74 Å². The average Bonchev–Trinajstić information content (AvgIpc) is 2.75. The highest BCUT2D eigenvalue weighted by atomic mass is 32.2. The molecule has 0 radical (unpaired) electrons. The van der Waals surface area contributed by atoms with Crippen molar-refractivity contribution in [1.82, 2.24) is 20.1 Å². The Kier molecular flexibility index (Phi) is 8.72. The Morgan fingerprint density at radius 2 is 1.87 bits per heavy atom. The second-order valence-electron chi connectivity index (χ2n) is 6.63. The molecule has 1 aromatic carbocycles. The SMILES string of the molecule is CCN(CC)C(CNS(=O)(=O)c1ccc(OCc2ccnc(C)c2)cc1)C(=O)NO. The van der Waals surface area contributed by atoms with Gasteiger partial charge in [-0.3, -0.25) is 19.9 Å². The standard InChI is InChI=1S/C20H28N4O5S/c1-4-24(5-2)19(20(25)23-26)13-22-30(27,28)18-8-6-17(7-9-18)29-14-16-10-11-21-15(3)12-16/h6-12,19,22,26H,4-5,13-14H2,1-3H3,(H,23,25). The first-order valence-corrected chi connectivity index (χ1v) is 11.1. The van der Waals surface area contributed by atoms with Crippen molar-refractivity contribution in [3.63, 3.8) is 0 Å². The molecule has 1 unspecified atom stereocenters. The van der Waals surface area contributed by atoms with Crippen molar-refractivity contribution in [3.05, 3.63) is 53.9 Å². The molecule has 3 N–H and O–H groups in total. The van der Waals surface area contributed by atoms with E-state index in [9.17, 15) is 13.2 Å². The van der Waals surface area contributed by atoms with Gasteiger partial charge in [-0.25, -0.2) is 18.6 Å². The van der Waals surface area contributed by atoms with Gasteiger partial charge in [-0.05, 0) is 62.0 Å². The second-order valence-corrected chi connectivity index (χ2v) is 8.40. The summed E-state index contributed by atoms with van der Waals surface area (Å²) in [7, 11) is -3.84. The number of carbonyl (C=O) groups excluding carboxylic acids is 1. The zero-order chi connectivity index (χ0) is 22.1. The maximum atomic E-state index is 12.6. The Hall–Kier alpha value is -2.53. The van der Waals surface area contributed by atoms with Gasteiger partial charge in [0.25, 0.3) is 5.91 Å². The van der Waals surface area contributed by atoms with Crippen molar-refractivity contribution in [2.75, 3.05) is 19.6 Å². The molecule has 10 heteroatoms. The van der Waals surface area contributed by atoms with Gasteiger partial charge in [0.15, 0.2) is 0 Å². The largest absolute Gasteiger partial charge is 0.489 e. The third kappa shape index (κ3) is 6.49. The van der Waals surface area contributed by atoms with Gasteiger partial charge in [0.2, 0.25) is 10.0 Å². The number of ether oxygens (including phenoxy) is 1. The summed E-state index contributed by atoms with van der Waals surface area (Å²) in [6.45, 7) is 6.82. The number of hydrogen-bond acceptors (Lipinski definition) is 7. The first-order chi connectivity index (χ1) is 14.3. The number of pyridine rings is 1. The monoisotopic (exact) mass is 436 g/mol. The fraction of sp³-hybridized carbons (Fsp3) is 0.400. The highest BCUT2D eigenvalue weighted by Gasteiger charge is 2.26. The maximum Gasteiger partial charge on any atom is 0.262 e. The van der Waals surface area contributed by atoms with Gasteiger partial charge in [-0.15, -0.1) is 0 Å². The van der Waals surface area contributed by atoms with Crippen LogP contribution in [0.5, 0.6) is 5.75 Å². The van der Waals surface area contributed by atoms with E-state index in [-0.39, 0.29) is 11.4 Å². The van der Waals surface area contributed by atoms with E-state index in [4.69, 9.17) is 9.94 Å². The minimum atomic E-state index is -3.84.